The molecule has 0 aromatic heterocycles. The van der Waals surface area contributed by atoms with Crippen molar-refractivity contribution in [3.63, 3.8) is 0 Å². The fourth-order valence-electron chi connectivity index (χ4n) is 4.97. The molecule has 0 radical (unpaired) electrons. The van der Waals surface area contributed by atoms with Crippen molar-refractivity contribution in [1.29, 1.82) is 0 Å². The van der Waals surface area contributed by atoms with E-state index in [0.29, 0.717) is 6.10 Å². The summed E-state index contributed by atoms with van der Waals surface area (Å²) < 4.78 is 5.72. The number of fused-ring (bicyclic) bond motifs is 1. The van der Waals surface area contributed by atoms with E-state index in [1.54, 1.807) is 0 Å². The van der Waals surface area contributed by atoms with Gasteiger partial charge in [0.25, 0.3) is 0 Å². The van der Waals surface area contributed by atoms with Gasteiger partial charge in [-0.1, -0.05) is 36.4 Å². The summed E-state index contributed by atoms with van der Waals surface area (Å²) in [6.45, 7) is 10.4. The normalized spacial score (nSPS) is 18.1. The molecule has 2 aliphatic heterocycles. The Labute approximate surface area is 198 Å². The van der Waals surface area contributed by atoms with Crippen LogP contribution in [-0.4, -0.2) is 56.0 Å². The zero-order chi connectivity index (χ0) is 22.6. The molecule has 0 bridgehead atoms. The van der Waals surface area contributed by atoms with Gasteiger partial charge in [0, 0.05) is 57.0 Å². The molecule has 1 fully saturated rings. The highest BCUT2D eigenvalue weighted by atomic mass is 16.5. The van der Waals surface area contributed by atoms with Crippen LogP contribution in [0.2, 0.25) is 0 Å². The van der Waals surface area contributed by atoms with Crippen molar-refractivity contribution in [3.8, 4) is 0 Å². The minimum atomic E-state index is 0.315. The standard InChI is InChI=1S/C29H35N3O/c1-22(2)33-17-16-31-12-14-32(15-13-31)28-9-5-6-23(19-28)18-27-21-26-20-25(10-11-29(26)30-27)24-7-3-4-8-24/h3,5-11,19-20,22H,4,12-18,21H2,1-2H3. The third kappa shape index (κ3) is 5.45. The predicted octanol–water partition coefficient (Wildman–Crippen LogP) is 5.45. The number of piperazine rings is 1. The molecule has 1 saturated heterocycles. The van der Waals surface area contributed by atoms with Gasteiger partial charge >= 0.3 is 0 Å². The number of nitrogens with zero attached hydrogens (tertiary/aromatic N) is 3. The molecule has 2 aromatic carbocycles. The molecule has 0 saturated carbocycles. The number of hydrogen-bond acceptors (Lipinski definition) is 4. The molecular weight excluding hydrogens is 406 g/mol. The van der Waals surface area contributed by atoms with Crippen LogP contribution in [0, 0.1) is 0 Å². The van der Waals surface area contributed by atoms with Crippen LogP contribution >= 0.6 is 0 Å². The van der Waals surface area contributed by atoms with Crippen LogP contribution in [0.5, 0.6) is 0 Å². The quantitative estimate of drug-likeness (QED) is 0.545. The number of allylic oxidation sites excluding steroid dienone is 4. The Kier molecular flexibility index (Phi) is 6.75. The molecule has 4 nitrogen and oxygen atoms in total. The van der Waals surface area contributed by atoms with Gasteiger partial charge in [0.2, 0.25) is 0 Å². The van der Waals surface area contributed by atoms with Gasteiger partial charge in [-0.15, -0.1) is 0 Å². The van der Waals surface area contributed by atoms with Gasteiger partial charge in [-0.25, -0.2) is 0 Å². The summed E-state index contributed by atoms with van der Waals surface area (Å²) >= 11 is 0. The summed E-state index contributed by atoms with van der Waals surface area (Å²) in [4.78, 5) is 9.98. The third-order valence-electron chi connectivity index (χ3n) is 6.77. The SMILES string of the molecule is CC(C)OCCN1CCN(c2cccc(CC3=Nc4ccc(C5=CCC=C5)cc4C3)c2)CC1. The minimum Gasteiger partial charge on any atom is -0.377 e. The second-order valence-corrected chi connectivity index (χ2v) is 9.59. The van der Waals surface area contributed by atoms with Gasteiger partial charge in [0.05, 0.1) is 18.4 Å². The second-order valence-electron chi connectivity index (χ2n) is 9.59. The average Bonchev–Trinajstić information content (AvgIpc) is 3.49. The average molecular weight is 442 g/mol. The highest BCUT2D eigenvalue weighted by Gasteiger charge is 2.19. The number of aliphatic imine (C=N–C) groups is 1. The lowest BCUT2D eigenvalue weighted by atomic mass is 9.99. The van der Waals surface area contributed by atoms with Gasteiger partial charge in [-0.2, -0.15) is 0 Å². The lowest BCUT2D eigenvalue weighted by Gasteiger charge is -2.36. The van der Waals surface area contributed by atoms with E-state index in [1.165, 1.54) is 33.7 Å². The fourth-order valence-corrected chi connectivity index (χ4v) is 4.97. The maximum Gasteiger partial charge on any atom is 0.0665 e. The maximum absolute atomic E-state index is 5.72. The summed E-state index contributed by atoms with van der Waals surface area (Å²) in [5, 5.41) is 0. The van der Waals surface area contributed by atoms with E-state index in [-0.39, 0.29) is 0 Å². The first-order valence-electron chi connectivity index (χ1n) is 12.4. The molecule has 0 atom stereocenters. The number of benzene rings is 2. The van der Waals surface area contributed by atoms with E-state index >= 15 is 0 Å². The zero-order valence-electron chi connectivity index (χ0n) is 20.0. The van der Waals surface area contributed by atoms with Gasteiger partial charge in [-0.3, -0.25) is 9.89 Å². The fraction of sp³-hybridized carbons (Fsp3) is 0.414. The van der Waals surface area contributed by atoms with Gasteiger partial charge in [0.15, 0.2) is 0 Å². The first-order chi connectivity index (χ1) is 16.1. The molecule has 3 aliphatic rings. The van der Waals surface area contributed by atoms with Gasteiger partial charge in [-0.05, 0) is 66.8 Å². The molecule has 4 heteroatoms. The van der Waals surface area contributed by atoms with Crippen LogP contribution in [0.15, 0.2) is 65.7 Å². The topological polar surface area (TPSA) is 28.1 Å². The second kappa shape index (κ2) is 10.1. The molecule has 1 aliphatic carbocycles. The monoisotopic (exact) mass is 441 g/mol. The van der Waals surface area contributed by atoms with E-state index in [2.05, 4.69) is 84.3 Å². The zero-order valence-corrected chi connectivity index (χ0v) is 20.0. The molecule has 0 unspecified atom stereocenters. The molecule has 0 amide bonds. The Morgan fingerprint density at radius 1 is 1.03 bits per heavy atom. The predicted molar refractivity (Wildman–Crippen MR) is 139 cm³/mol. The van der Waals surface area contributed by atoms with Crippen LogP contribution in [0.1, 0.15) is 37.0 Å². The van der Waals surface area contributed by atoms with Crippen molar-refractivity contribution in [2.24, 2.45) is 4.99 Å². The van der Waals surface area contributed by atoms with Crippen molar-refractivity contribution in [3.05, 3.63) is 77.4 Å². The molecule has 0 spiro atoms. The summed E-state index contributed by atoms with van der Waals surface area (Å²) in [6, 6.07) is 15.8. The lowest BCUT2D eigenvalue weighted by molar-refractivity contribution is 0.0579. The Morgan fingerprint density at radius 3 is 2.70 bits per heavy atom. The summed E-state index contributed by atoms with van der Waals surface area (Å²) in [7, 11) is 0. The molecule has 33 heavy (non-hydrogen) atoms. The van der Waals surface area contributed by atoms with Crippen LogP contribution < -0.4 is 4.90 Å². The van der Waals surface area contributed by atoms with Crippen molar-refractivity contribution in [2.45, 2.75) is 39.2 Å². The van der Waals surface area contributed by atoms with Crippen LogP contribution in [0.3, 0.4) is 0 Å². The smallest absolute Gasteiger partial charge is 0.0665 e. The Morgan fingerprint density at radius 2 is 1.91 bits per heavy atom. The summed E-state index contributed by atoms with van der Waals surface area (Å²) in [5.41, 5.74) is 9.12. The first-order valence-corrected chi connectivity index (χ1v) is 12.4. The molecule has 2 heterocycles. The van der Waals surface area contributed by atoms with Crippen molar-refractivity contribution >= 4 is 22.7 Å². The largest absolute Gasteiger partial charge is 0.377 e. The first kappa shape index (κ1) is 22.1. The minimum absolute atomic E-state index is 0.315. The van der Waals surface area contributed by atoms with Crippen molar-refractivity contribution in [1.82, 2.24) is 4.90 Å². The summed E-state index contributed by atoms with van der Waals surface area (Å²) in [6.07, 6.45) is 9.99. The Balaban J connectivity index is 1.17. The Hall–Kier alpha value is -2.69. The van der Waals surface area contributed by atoms with Crippen molar-refractivity contribution < 1.29 is 4.74 Å². The van der Waals surface area contributed by atoms with Crippen LogP contribution in [0.4, 0.5) is 11.4 Å². The highest BCUT2D eigenvalue weighted by Crippen LogP contribution is 2.32. The highest BCUT2D eigenvalue weighted by molar-refractivity contribution is 5.96. The summed E-state index contributed by atoms with van der Waals surface area (Å²) in [5.74, 6) is 0. The van der Waals surface area contributed by atoms with Gasteiger partial charge < -0.3 is 9.64 Å². The molecular formula is C29H35N3O. The number of anilines is 1. The lowest BCUT2D eigenvalue weighted by Crippen LogP contribution is -2.47. The molecule has 2 aromatic rings. The van der Waals surface area contributed by atoms with E-state index in [0.717, 1.165) is 64.3 Å². The number of hydrogen-bond donors (Lipinski definition) is 0. The van der Waals surface area contributed by atoms with Crippen LogP contribution in [0.25, 0.3) is 5.57 Å². The van der Waals surface area contributed by atoms with Crippen LogP contribution in [-0.2, 0) is 17.6 Å². The van der Waals surface area contributed by atoms with E-state index < -0.39 is 0 Å². The van der Waals surface area contributed by atoms with E-state index in [1.807, 2.05) is 0 Å². The van der Waals surface area contributed by atoms with Gasteiger partial charge in [0.1, 0.15) is 0 Å². The van der Waals surface area contributed by atoms with E-state index in [4.69, 9.17) is 9.73 Å². The molecule has 5 rings (SSSR count). The number of ether oxygens (including phenoxy) is 1. The van der Waals surface area contributed by atoms with E-state index in [9.17, 15) is 0 Å². The van der Waals surface area contributed by atoms with Crippen molar-refractivity contribution in [2.75, 3.05) is 44.2 Å². The molecule has 172 valence electrons. The number of rotatable bonds is 8. The molecule has 0 N–H and O–H groups in total. The maximum atomic E-state index is 5.72. The third-order valence-corrected chi connectivity index (χ3v) is 6.77. The Bertz CT molecular complexity index is 1070.